The van der Waals surface area contributed by atoms with Crippen molar-refractivity contribution in [2.75, 3.05) is 46.4 Å². The Bertz CT molecular complexity index is 1950. The SMILES string of the molecule is CCOC(=O)[C@H](CC)NP(=O)(COc1ccc(C[C@H](NC(=O)O[C@H]2CO[C@H]3OCCC32)[C@H](O)CN(CC(C)C)S(=O)(=O)c2ccc(OC)cc2)cc1)Oc1ccccc1. The number of esters is 1. The number of hydrogen-bond acceptors (Lipinski definition) is 13. The summed E-state index contributed by atoms with van der Waals surface area (Å²) in [5.41, 5.74) is 0.652. The lowest BCUT2D eigenvalue weighted by Gasteiger charge is -2.31. The Labute approximate surface area is 346 Å². The lowest BCUT2D eigenvalue weighted by Crippen LogP contribution is -2.51. The third-order valence-electron chi connectivity index (χ3n) is 9.78. The Kier molecular flexibility index (Phi) is 16.6. The first-order valence-corrected chi connectivity index (χ1v) is 23.0. The highest BCUT2D eigenvalue weighted by Gasteiger charge is 2.44. The van der Waals surface area contributed by atoms with E-state index >= 15 is 0 Å². The number of fused-ring (bicyclic) bond motifs is 1. The highest BCUT2D eigenvalue weighted by atomic mass is 32.2. The Morgan fingerprint density at radius 2 is 1.64 bits per heavy atom. The number of para-hydroxylation sites is 1. The van der Waals surface area contributed by atoms with Gasteiger partial charge in [-0.1, -0.05) is 51.1 Å². The molecule has 59 heavy (non-hydrogen) atoms. The number of ether oxygens (including phenoxy) is 6. The molecule has 18 heteroatoms. The highest BCUT2D eigenvalue weighted by molar-refractivity contribution is 7.89. The lowest BCUT2D eigenvalue weighted by atomic mass is 10.0. The molecule has 2 unspecified atom stereocenters. The van der Waals surface area contributed by atoms with E-state index in [0.29, 0.717) is 35.8 Å². The first kappa shape index (κ1) is 45.9. The summed E-state index contributed by atoms with van der Waals surface area (Å²) in [7, 11) is -6.44. The Morgan fingerprint density at radius 3 is 2.29 bits per heavy atom. The van der Waals surface area contributed by atoms with Crippen molar-refractivity contribution in [2.45, 2.75) is 82.4 Å². The van der Waals surface area contributed by atoms with Crippen LogP contribution in [0.5, 0.6) is 17.2 Å². The smallest absolute Gasteiger partial charge is 0.407 e. The van der Waals surface area contributed by atoms with Crippen molar-refractivity contribution in [1.29, 1.82) is 0 Å². The van der Waals surface area contributed by atoms with Gasteiger partial charge in [0, 0.05) is 13.1 Å². The van der Waals surface area contributed by atoms with Crippen LogP contribution in [-0.4, -0.2) is 107 Å². The number of carbonyl (C=O) groups is 2. The van der Waals surface area contributed by atoms with E-state index in [4.69, 9.17) is 32.9 Å². The van der Waals surface area contributed by atoms with E-state index in [2.05, 4.69) is 10.4 Å². The molecule has 3 aromatic rings. The van der Waals surface area contributed by atoms with Crippen molar-refractivity contribution in [3.05, 3.63) is 84.4 Å². The molecule has 2 fully saturated rings. The quantitative estimate of drug-likeness (QED) is 0.0865. The molecule has 0 aliphatic carbocycles. The summed E-state index contributed by atoms with van der Waals surface area (Å²) in [6, 6.07) is 19.3. The minimum Gasteiger partial charge on any atom is -0.497 e. The van der Waals surface area contributed by atoms with Gasteiger partial charge < -0.3 is 43.4 Å². The molecule has 2 aliphatic rings. The fourth-order valence-corrected chi connectivity index (χ4v) is 10.1. The summed E-state index contributed by atoms with van der Waals surface area (Å²) in [6.07, 6.45) is -2.57. The van der Waals surface area contributed by atoms with Gasteiger partial charge in [-0.15, -0.1) is 0 Å². The number of nitrogens with one attached hydrogen (secondary N) is 2. The van der Waals surface area contributed by atoms with E-state index in [1.54, 1.807) is 80.6 Å². The zero-order valence-corrected chi connectivity index (χ0v) is 35.8. The molecule has 2 saturated heterocycles. The maximum Gasteiger partial charge on any atom is 0.407 e. The third-order valence-corrected chi connectivity index (χ3v) is 13.3. The molecule has 16 nitrogen and oxygen atoms in total. The molecule has 5 rings (SSSR count). The Hall–Kier alpha value is -4.22. The van der Waals surface area contributed by atoms with Gasteiger partial charge in [-0.05, 0) is 86.2 Å². The summed E-state index contributed by atoms with van der Waals surface area (Å²) in [4.78, 5) is 26.0. The molecule has 3 aromatic carbocycles. The number of hydrogen-bond donors (Lipinski definition) is 3. The highest BCUT2D eigenvalue weighted by Crippen LogP contribution is 2.44. The molecule has 1 amide bonds. The second kappa shape index (κ2) is 21.3. The minimum absolute atomic E-state index is 0.0280. The van der Waals surface area contributed by atoms with Crippen molar-refractivity contribution in [3.63, 3.8) is 0 Å². The van der Waals surface area contributed by atoms with Crippen molar-refractivity contribution >= 4 is 29.6 Å². The number of benzene rings is 3. The number of methoxy groups -OCH3 is 1. The normalized spacial score (nSPS) is 20.2. The maximum atomic E-state index is 14.1. The number of nitrogens with zero attached hydrogens (tertiary/aromatic N) is 1. The van der Waals surface area contributed by atoms with Gasteiger partial charge in [-0.25, -0.2) is 18.3 Å². The van der Waals surface area contributed by atoms with Crippen molar-refractivity contribution in [2.24, 2.45) is 11.8 Å². The maximum absolute atomic E-state index is 14.1. The van der Waals surface area contributed by atoms with Crippen LogP contribution in [0.3, 0.4) is 0 Å². The van der Waals surface area contributed by atoms with Crippen LogP contribution in [0.2, 0.25) is 0 Å². The standard InChI is InChI=1S/C41H56N3O13PS/c1-6-35(39(46)52-7-2)43-58(48,57-32-11-9-8-10-12-32)27-55-31-15-13-29(14-16-31)23-36(42-41(47)56-38-26-54-40-34(38)21-22-53-40)37(45)25-44(24-28(3)4)59(49,50)33-19-17-30(51-5)18-20-33/h8-20,28,34-38,40,45H,6-7,21-27H2,1-5H3,(H,42,47)(H,43,48)/t34?,35-,36-,37+,38-,40+,58?/m0/s1. The lowest BCUT2D eigenvalue weighted by molar-refractivity contribution is -0.145. The van der Waals surface area contributed by atoms with Gasteiger partial charge in [0.1, 0.15) is 29.4 Å². The van der Waals surface area contributed by atoms with Crippen LogP contribution in [0.25, 0.3) is 0 Å². The van der Waals surface area contributed by atoms with E-state index in [1.807, 2.05) is 13.8 Å². The molecule has 2 heterocycles. The fourth-order valence-electron chi connectivity index (χ4n) is 6.73. The van der Waals surface area contributed by atoms with Gasteiger partial charge in [0.25, 0.3) is 0 Å². The largest absolute Gasteiger partial charge is 0.497 e. The predicted octanol–water partition coefficient (Wildman–Crippen LogP) is 5.34. The van der Waals surface area contributed by atoms with E-state index < -0.39 is 66.5 Å². The number of carbonyl (C=O) groups excluding carboxylic acids is 2. The van der Waals surface area contributed by atoms with Gasteiger partial charge in [-0.3, -0.25) is 9.36 Å². The fraction of sp³-hybridized carbons (Fsp3) is 0.512. The van der Waals surface area contributed by atoms with Gasteiger partial charge >= 0.3 is 19.6 Å². The van der Waals surface area contributed by atoms with Gasteiger partial charge in [0.2, 0.25) is 10.0 Å². The first-order valence-electron chi connectivity index (χ1n) is 19.8. The zero-order chi connectivity index (χ0) is 42.6. The number of aliphatic hydroxyl groups excluding tert-OH is 1. The van der Waals surface area contributed by atoms with E-state index in [1.165, 1.54) is 23.5 Å². The Morgan fingerprint density at radius 1 is 0.949 bits per heavy atom. The van der Waals surface area contributed by atoms with Crippen LogP contribution < -0.4 is 24.4 Å². The predicted molar refractivity (Wildman–Crippen MR) is 218 cm³/mol. The molecule has 0 bridgehead atoms. The third kappa shape index (κ3) is 12.9. The molecule has 0 aromatic heterocycles. The number of amides is 1. The average molecular weight is 862 g/mol. The molecule has 324 valence electrons. The zero-order valence-electron chi connectivity index (χ0n) is 34.1. The van der Waals surface area contributed by atoms with E-state index in [-0.39, 0.29) is 55.9 Å². The van der Waals surface area contributed by atoms with Gasteiger partial charge in [0.15, 0.2) is 12.6 Å². The van der Waals surface area contributed by atoms with Crippen molar-refractivity contribution in [3.8, 4) is 17.2 Å². The van der Waals surface area contributed by atoms with Crippen LogP contribution in [-0.2, 0) is 44.8 Å². The first-order chi connectivity index (χ1) is 28.2. The number of alkyl carbamates (subject to hydrolysis) is 1. The summed E-state index contributed by atoms with van der Waals surface area (Å²) >= 11 is 0. The van der Waals surface area contributed by atoms with E-state index in [9.17, 15) is 27.7 Å². The summed E-state index contributed by atoms with van der Waals surface area (Å²) < 4.78 is 82.3. The van der Waals surface area contributed by atoms with Crippen LogP contribution in [0.1, 0.15) is 46.1 Å². The van der Waals surface area contributed by atoms with Gasteiger partial charge in [0.05, 0.1) is 49.9 Å². The number of sulfonamides is 1. The topological polar surface area (TPSA) is 197 Å². The van der Waals surface area contributed by atoms with Gasteiger partial charge in [-0.2, -0.15) is 4.31 Å². The molecule has 0 spiro atoms. The number of rotatable bonds is 22. The monoisotopic (exact) mass is 861 g/mol. The molecule has 0 saturated carbocycles. The summed E-state index contributed by atoms with van der Waals surface area (Å²) in [6.45, 7) is 7.76. The molecular weight excluding hydrogens is 805 g/mol. The molecule has 7 atom stereocenters. The second-order valence-electron chi connectivity index (χ2n) is 14.7. The van der Waals surface area contributed by atoms with Crippen LogP contribution in [0.15, 0.2) is 83.8 Å². The average Bonchev–Trinajstić information content (AvgIpc) is 3.85. The molecule has 0 radical (unpaired) electrons. The molecule has 3 N–H and O–H groups in total. The molecule has 2 aliphatic heterocycles. The van der Waals surface area contributed by atoms with Crippen molar-refractivity contribution < 1.29 is 60.6 Å². The summed E-state index contributed by atoms with van der Waals surface area (Å²) in [5.74, 6) is 0.359. The van der Waals surface area contributed by atoms with E-state index in [0.717, 1.165) is 0 Å². The summed E-state index contributed by atoms with van der Waals surface area (Å²) in [5, 5.41) is 17.4. The van der Waals surface area contributed by atoms with Crippen LogP contribution in [0.4, 0.5) is 4.79 Å². The van der Waals surface area contributed by atoms with Crippen LogP contribution in [0, 0.1) is 11.8 Å². The number of aliphatic hydroxyl groups is 1. The minimum atomic E-state index is -4.08. The van der Waals surface area contributed by atoms with Crippen molar-refractivity contribution in [1.82, 2.24) is 14.7 Å². The molecular formula is C41H56N3O13PS. The second-order valence-corrected chi connectivity index (χ2v) is 18.7. The Balaban J connectivity index is 1.33. The van der Waals surface area contributed by atoms with Crippen LogP contribution >= 0.6 is 7.52 Å².